The second kappa shape index (κ2) is 13.9. The summed E-state index contributed by atoms with van der Waals surface area (Å²) < 4.78 is 1.31. The molecule has 0 saturated carbocycles. The summed E-state index contributed by atoms with van der Waals surface area (Å²) in [7, 11) is 0. The molecule has 0 saturated heterocycles. The first-order valence-corrected chi connectivity index (χ1v) is 26.4. The summed E-state index contributed by atoms with van der Waals surface area (Å²) in [5.74, 6) is -0.902. The molecule has 4 heteroatoms. The van der Waals surface area contributed by atoms with Crippen LogP contribution in [0.4, 0.5) is 0 Å². The fourth-order valence-electron chi connectivity index (χ4n) is 7.63. The summed E-state index contributed by atoms with van der Waals surface area (Å²) in [5.41, 5.74) is 18.0. The molecular weight excluding hydrogens is 695 g/mol. The predicted octanol–water partition coefficient (Wildman–Crippen LogP) is 12.7. The van der Waals surface area contributed by atoms with Crippen molar-refractivity contribution in [3.63, 3.8) is 0 Å². The van der Waals surface area contributed by atoms with Gasteiger partial charge in [0, 0.05) is 0 Å². The minimum absolute atomic E-state index is 0. The van der Waals surface area contributed by atoms with E-state index in [9.17, 15) is 0 Å². The van der Waals surface area contributed by atoms with Crippen LogP contribution in [0.3, 0.4) is 0 Å². The summed E-state index contributed by atoms with van der Waals surface area (Å²) in [6.45, 7) is 24.0. The van der Waals surface area contributed by atoms with E-state index in [1.165, 1.54) is 44.5 Å². The molecule has 2 atom stereocenters. The largest absolute Gasteiger partial charge is 0.147 e. The van der Waals surface area contributed by atoms with E-state index in [0.29, 0.717) is 7.25 Å². The monoisotopic (exact) mass is 743 g/mol. The van der Waals surface area contributed by atoms with Gasteiger partial charge < -0.3 is 0 Å². The number of halogens is 2. The fraction of sp³-hybridized carbons (Fsp3) is 0.333. The molecule has 0 spiro atoms. The van der Waals surface area contributed by atoms with Crippen molar-refractivity contribution in [3.8, 4) is 22.3 Å². The quantitative estimate of drug-likeness (QED) is 0.179. The minimum atomic E-state index is -2.08. The van der Waals surface area contributed by atoms with Gasteiger partial charge in [-0.2, -0.15) is 0 Å². The zero-order valence-electron chi connectivity index (χ0n) is 29.3. The van der Waals surface area contributed by atoms with Gasteiger partial charge in [-0.3, -0.25) is 0 Å². The Labute approximate surface area is 299 Å². The van der Waals surface area contributed by atoms with Crippen LogP contribution in [-0.4, -0.2) is 5.92 Å². The Kier molecular flexibility index (Phi) is 11.1. The van der Waals surface area contributed by atoms with E-state index in [2.05, 4.69) is 166 Å². The molecule has 4 aromatic carbocycles. The molecule has 0 aromatic heterocycles. The molecule has 241 valence electrons. The van der Waals surface area contributed by atoms with Crippen LogP contribution in [-0.2, 0) is 31.7 Å². The third-order valence-corrected chi connectivity index (χ3v) is 32.2. The van der Waals surface area contributed by atoms with Gasteiger partial charge in [0.2, 0.25) is 0 Å². The molecular formula is C42H51Cl2SiZr. The van der Waals surface area contributed by atoms with Crippen molar-refractivity contribution < 1.29 is 20.9 Å². The van der Waals surface area contributed by atoms with Crippen molar-refractivity contribution in [3.05, 3.63) is 129 Å². The van der Waals surface area contributed by atoms with Crippen molar-refractivity contribution in [1.29, 1.82) is 0 Å². The van der Waals surface area contributed by atoms with Crippen LogP contribution in [0.25, 0.3) is 34.4 Å². The Bertz CT molecular complexity index is 1640. The standard InChI is InChI=1S/2C20H21.C2H7Si.2ClH.Zr/c2*1-14-12-16-6-5-7-18(19(16)13-14)15-8-10-17(11-9-15)20(2,3)4;1-3-2;;;/h2*5-13H,1-4H3;3H,1-2H3;2*1H;. The summed E-state index contributed by atoms with van der Waals surface area (Å²) in [5, 5.41) is 0. The molecule has 0 aliphatic heterocycles. The van der Waals surface area contributed by atoms with Gasteiger partial charge in [0.25, 0.3) is 0 Å². The number of allylic oxidation sites excluding steroid dienone is 2. The zero-order valence-corrected chi connectivity index (χ0v) is 34.5. The summed E-state index contributed by atoms with van der Waals surface area (Å²) in [4.78, 5) is 0. The van der Waals surface area contributed by atoms with Crippen LogP contribution >= 0.6 is 24.8 Å². The molecule has 6 rings (SSSR count). The van der Waals surface area contributed by atoms with Gasteiger partial charge in [-0.25, -0.2) is 0 Å². The third-order valence-electron chi connectivity index (χ3n) is 10.0. The van der Waals surface area contributed by atoms with Crippen LogP contribution in [0, 0.1) is 0 Å². The average Bonchev–Trinajstić information content (AvgIpc) is 3.48. The Morgan fingerprint density at radius 1 is 0.522 bits per heavy atom. The number of hydrogen-bond donors (Lipinski definition) is 0. The molecule has 0 N–H and O–H groups in total. The summed E-state index contributed by atoms with van der Waals surface area (Å²) in [6, 6.07) is 33.0. The number of benzene rings is 4. The van der Waals surface area contributed by atoms with E-state index in [0.717, 1.165) is 0 Å². The predicted molar refractivity (Wildman–Crippen MR) is 207 cm³/mol. The molecule has 0 radical (unpaired) electrons. The van der Waals surface area contributed by atoms with Gasteiger partial charge >= 0.3 is 277 Å². The van der Waals surface area contributed by atoms with Crippen LogP contribution in [0.5, 0.6) is 0 Å². The molecule has 2 unspecified atom stereocenters. The van der Waals surface area contributed by atoms with Crippen molar-refractivity contribution in [2.75, 3.05) is 0 Å². The van der Waals surface area contributed by atoms with Gasteiger partial charge in [-0.05, 0) is 0 Å². The molecule has 0 fully saturated rings. The molecule has 0 nitrogen and oxygen atoms in total. The molecule has 0 heterocycles. The maximum absolute atomic E-state index is 2.66. The Balaban J connectivity index is 0.00000240. The van der Waals surface area contributed by atoms with E-state index in [1.807, 2.05) is 0 Å². The molecule has 2 aliphatic carbocycles. The van der Waals surface area contributed by atoms with Gasteiger partial charge in [0.15, 0.2) is 0 Å². The van der Waals surface area contributed by atoms with Gasteiger partial charge in [0.1, 0.15) is 0 Å². The average molecular weight is 746 g/mol. The molecule has 0 amide bonds. The van der Waals surface area contributed by atoms with Gasteiger partial charge in [0.05, 0.1) is 0 Å². The van der Waals surface area contributed by atoms with Crippen LogP contribution in [0.15, 0.2) is 96.1 Å². The topological polar surface area (TPSA) is 0 Å². The molecule has 0 bridgehead atoms. The van der Waals surface area contributed by atoms with Crippen LogP contribution in [0.2, 0.25) is 13.1 Å². The van der Waals surface area contributed by atoms with Crippen molar-refractivity contribution in [2.24, 2.45) is 0 Å². The Hall–Kier alpha value is -1.96. The number of hydrogen-bond acceptors (Lipinski definition) is 0. The summed E-state index contributed by atoms with van der Waals surface area (Å²) in [6.07, 6.45) is 5.12. The van der Waals surface area contributed by atoms with E-state index in [4.69, 9.17) is 0 Å². The molecule has 4 aromatic rings. The minimum Gasteiger partial charge on any atom is -0.147 e. The smallest absolute Gasteiger partial charge is 0.147 e. The van der Waals surface area contributed by atoms with E-state index in [-0.39, 0.29) is 35.6 Å². The molecule has 46 heavy (non-hydrogen) atoms. The Morgan fingerprint density at radius 3 is 1.17 bits per heavy atom. The zero-order chi connectivity index (χ0) is 31.6. The molecule has 2 aliphatic rings. The maximum Gasteiger partial charge on any atom is -0.147 e. The fourth-order valence-corrected chi connectivity index (χ4v) is 30.8. The van der Waals surface area contributed by atoms with E-state index in [1.54, 1.807) is 22.3 Å². The van der Waals surface area contributed by atoms with E-state index >= 15 is 0 Å². The Morgan fingerprint density at radius 2 is 0.870 bits per heavy atom. The van der Waals surface area contributed by atoms with Gasteiger partial charge in [-0.1, -0.05) is 0 Å². The third kappa shape index (κ3) is 6.80. The normalized spacial score (nSPS) is 17.0. The number of rotatable bonds is 5. The van der Waals surface area contributed by atoms with Crippen molar-refractivity contribution in [2.45, 2.75) is 86.6 Å². The van der Waals surface area contributed by atoms with Gasteiger partial charge in [-0.15, -0.1) is 24.8 Å². The second-order valence-corrected chi connectivity index (χ2v) is 35.6. The number of fused-ring (bicyclic) bond motifs is 2. The first-order chi connectivity index (χ1) is 20.8. The SMILES string of the molecule is CC1=Cc2c(-c3ccc(C(C)(C)C)cc3)cccc2[CH]1[Zr]([CH]1C(C)=Cc2c(-c3ccc(C(C)(C)C)cc3)cccc21)[SiH](C)C.Cl.Cl. The van der Waals surface area contributed by atoms with Crippen LogP contribution in [0.1, 0.15) is 96.0 Å². The second-order valence-electron chi connectivity index (χ2n) is 15.6. The first-order valence-electron chi connectivity index (χ1n) is 16.5. The maximum atomic E-state index is 2.66. The van der Waals surface area contributed by atoms with Crippen molar-refractivity contribution >= 4 is 42.9 Å². The van der Waals surface area contributed by atoms with Crippen LogP contribution < -0.4 is 0 Å². The van der Waals surface area contributed by atoms with E-state index < -0.39 is 26.8 Å². The first kappa shape index (κ1) is 36.9. The van der Waals surface area contributed by atoms with Crippen molar-refractivity contribution in [1.82, 2.24) is 0 Å². The summed E-state index contributed by atoms with van der Waals surface area (Å²) >= 11 is -2.08.